The minimum Gasteiger partial charge on any atom is -0.497 e. The molecule has 1 aromatic rings. The lowest BCUT2D eigenvalue weighted by molar-refractivity contribution is -0.582. The lowest BCUT2D eigenvalue weighted by atomic mass is 10.1. The highest BCUT2D eigenvalue weighted by Crippen LogP contribution is 2.20. The van der Waals surface area contributed by atoms with Crippen LogP contribution in [0.2, 0.25) is 0 Å². The van der Waals surface area contributed by atoms with Crippen molar-refractivity contribution in [2.75, 3.05) is 7.11 Å². The second-order valence-electron chi connectivity index (χ2n) is 7.71. The SMILES string of the molecule is COc1ccc(/C(C=[N+](C(C)C)C(C)C)=C\N(C(C)C)C(C)C)cc1. The molecule has 3 heteroatoms. The summed E-state index contributed by atoms with van der Waals surface area (Å²) in [6.45, 7) is 17.9. The summed E-state index contributed by atoms with van der Waals surface area (Å²) in [4.78, 5) is 2.41. The van der Waals surface area contributed by atoms with Crippen molar-refractivity contribution in [1.82, 2.24) is 4.90 Å². The van der Waals surface area contributed by atoms with Crippen LogP contribution in [0.25, 0.3) is 5.57 Å². The number of benzene rings is 1. The Balaban J connectivity index is 3.46. The van der Waals surface area contributed by atoms with Gasteiger partial charge in [0.25, 0.3) is 0 Å². The van der Waals surface area contributed by atoms with Crippen molar-refractivity contribution >= 4 is 11.8 Å². The van der Waals surface area contributed by atoms with E-state index in [1.807, 2.05) is 12.1 Å². The van der Waals surface area contributed by atoms with Gasteiger partial charge in [-0.25, -0.2) is 4.58 Å². The summed E-state index contributed by atoms with van der Waals surface area (Å²) in [6.07, 6.45) is 4.60. The summed E-state index contributed by atoms with van der Waals surface area (Å²) in [7, 11) is 1.70. The molecule has 140 valence electrons. The van der Waals surface area contributed by atoms with E-state index in [-0.39, 0.29) is 0 Å². The quantitative estimate of drug-likeness (QED) is 0.484. The highest BCUT2D eigenvalue weighted by molar-refractivity contribution is 6.07. The highest BCUT2D eigenvalue weighted by atomic mass is 16.5. The van der Waals surface area contributed by atoms with Crippen LogP contribution in [0.15, 0.2) is 30.5 Å². The molecule has 0 saturated heterocycles. The number of hydrogen-bond acceptors (Lipinski definition) is 2. The van der Waals surface area contributed by atoms with Crippen LogP contribution in [0, 0.1) is 0 Å². The molecule has 0 aliphatic rings. The summed E-state index contributed by atoms with van der Waals surface area (Å²) in [5, 5.41) is 0. The summed E-state index contributed by atoms with van der Waals surface area (Å²) in [5.41, 5.74) is 2.44. The van der Waals surface area contributed by atoms with Gasteiger partial charge in [0.15, 0.2) is 6.21 Å². The predicted octanol–water partition coefficient (Wildman–Crippen LogP) is 5.06. The third-order valence-electron chi connectivity index (χ3n) is 4.38. The topological polar surface area (TPSA) is 15.5 Å². The standard InChI is InChI=1S/C22H37N2O/c1-16(2)23(17(3)4)14-21(15-24(18(5)6)19(7)8)20-10-12-22(25-9)13-11-20/h10-19H,1-9H3/q+1. The zero-order chi connectivity index (χ0) is 19.1. The molecule has 0 spiro atoms. The van der Waals surface area contributed by atoms with Gasteiger partial charge in [-0.1, -0.05) is 12.1 Å². The van der Waals surface area contributed by atoms with E-state index in [1.165, 1.54) is 11.1 Å². The minimum absolute atomic E-state index is 0.452. The van der Waals surface area contributed by atoms with Crippen molar-refractivity contribution < 1.29 is 9.31 Å². The van der Waals surface area contributed by atoms with Crippen LogP contribution in [0.1, 0.15) is 61.0 Å². The van der Waals surface area contributed by atoms with Gasteiger partial charge < -0.3 is 9.64 Å². The monoisotopic (exact) mass is 345 g/mol. The van der Waals surface area contributed by atoms with E-state index in [2.05, 4.69) is 89.4 Å². The molecule has 0 aliphatic heterocycles. The lowest BCUT2D eigenvalue weighted by Gasteiger charge is -2.30. The van der Waals surface area contributed by atoms with E-state index in [1.54, 1.807) is 7.11 Å². The third-order valence-corrected chi connectivity index (χ3v) is 4.38. The highest BCUT2D eigenvalue weighted by Gasteiger charge is 2.18. The zero-order valence-electron chi connectivity index (χ0n) is 17.6. The Hall–Kier alpha value is -1.77. The Bertz CT molecular complexity index is 563. The molecule has 0 bridgehead atoms. The molecule has 0 heterocycles. The van der Waals surface area contributed by atoms with E-state index in [4.69, 9.17) is 4.74 Å². The number of nitrogens with zero attached hydrogens (tertiary/aromatic N) is 2. The molecule has 3 nitrogen and oxygen atoms in total. The van der Waals surface area contributed by atoms with Gasteiger partial charge >= 0.3 is 0 Å². The number of methoxy groups -OCH3 is 1. The first-order chi connectivity index (χ1) is 11.7. The second-order valence-corrected chi connectivity index (χ2v) is 7.71. The van der Waals surface area contributed by atoms with Crippen molar-refractivity contribution in [3.63, 3.8) is 0 Å². The van der Waals surface area contributed by atoms with Gasteiger partial charge in [-0.15, -0.1) is 0 Å². The van der Waals surface area contributed by atoms with E-state index in [0.29, 0.717) is 24.2 Å². The molecule has 0 aromatic heterocycles. The maximum atomic E-state index is 5.31. The Labute approximate surface area is 155 Å². The molecule has 0 atom stereocenters. The smallest absolute Gasteiger partial charge is 0.173 e. The Morgan fingerprint density at radius 3 is 1.72 bits per heavy atom. The summed E-state index contributed by atoms with van der Waals surface area (Å²) in [6, 6.07) is 10.1. The third kappa shape index (κ3) is 6.22. The van der Waals surface area contributed by atoms with E-state index < -0.39 is 0 Å². The fraction of sp³-hybridized carbons (Fsp3) is 0.591. The molecular formula is C22H37N2O+. The lowest BCUT2D eigenvalue weighted by Crippen LogP contribution is -2.33. The second kappa shape index (κ2) is 9.65. The number of hydrogen-bond donors (Lipinski definition) is 0. The summed E-state index contributed by atoms with van der Waals surface area (Å²) in [5.74, 6) is 0.886. The van der Waals surface area contributed by atoms with Crippen LogP contribution in [0.5, 0.6) is 5.75 Å². The van der Waals surface area contributed by atoms with Gasteiger partial charge in [-0.05, 0) is 73.1 Å². The molecule has 25 heavy (non-hydrogen) atoms. The molecule has 0 aliphatic carbocycles. The zero-order valence-corrected chi connectivity index (χ0v) is 17.6. The fourth-order valence-corrected chi connectivity index (χ4v) is 3.08. The van der Waals surface area contributed by atoms with Crippen molar-refractivity contribution in [3.8, 4) is 5.75 Å². The molecule has 0 N–H and O–H groups in total. The van der Waals surface area contributed by atoms with E-state index in [9.17, 15) is 0 Å². The van der Waals surface area contributed by atoms with Gasteiger partial charge in [0.1, 0.15) is 17.8 Å². The normalized spacial score (nSPS) is 12.3. The number of allylic oxidation sites excluding steroid dienone is 1. The van der Waals surface area contributed by atoms with Gasteiger partial charge in [-0.2, -0.15) is 0 Å². The maximum Gasteiger partial charge on any atom is 0.173 e. The van der Waals surface area contributed by atoms with Gasteiger partial charge in [0.2, 0.25) is 0 Å². The van der Waals surface area contributed by atoms with Crippen molar-refractivity contribution in [3.05, 3.63) is 36.0 Å². The molecule has 0 amide bonds. The Morgan fingerprint density at radius 1 is 0.880 bits per heavy atom. The molecule has 1 aromatic carbocycles. The predicted molar refractivity (Wildman–Crippen MR) is 110 cm³/mol. The van der Waals surface area contributed by atoms with Crippen LogP contribution in [0.4, 0.5) is 0 Å². The minimum atomic E-state index is 0.452. The summed E-state index contributed by atoms with van der Waals surface area (Å²) < 4.78 is 7.73. The fourth-order valence-electron chi connectivity index (χ4n) is 3.08. The first kappa shape index (κ1) is 21.3. The molecular weight excluding hydrogens is 308 g/mol. The van der Waals surface area contributed by atoms with Crippen LogP contribution in [-0.2, 0) is 0 Å². The first-order valence-corrected chi connectivity index (χ1v) is 9.43. The van der Waals surface area contributed by atoms with Crippen LogP contribution < -0.4 is 4.74 Å². The van der Waals surface area contributed by atoms with Crippen molar-refractivity contribution in [2.45, 2.75) is 79.6 Å². The molecule has 0 saturated carbocycles. The van der Waals surface area contributed by atoms with E-state index >= 15 is 0 Å². The van der Waals surface area contributed by atoms with Gasteiger partial charge in [0, 0.05) is 18.3 Å². The Kier molecular flexibility index (Phi) is 8.21. The largest absolute Gasteiger partial charge is 0.497 e. The van der Waals surface area contributed by atoms with Gasteiger partial charge in [0.05, 0.1) is 12.7 Å². The molecule has 0 fully saturated rings. The van der Waals surface area contributed by atoms with E-state index in [0.717, 1.165) is 5.75 Å². The van der Waals surface area contributed by atoms with Crippen molar-refractivity contribution in [1.29, 1.82) is 0 Å². The molecule has 1 rings (SSSR count). The van der Waals surface area contributed by atoms with Crippen LogP contribution in [-0.4, -0.2) is 47.0 Å². The average Bonchev–Trinajstić information content (AvgIpc) is 2.53. The maximum absolute atomic E-state index is 5.31. The summed E-state index contributed by atoms with van der Waals surface area (Å²) >= 11 is 0. The molecule has 0 unspecified atom stereocenters. The van der Waals surface area contributed by atoms with Crippen LogP contribution in [0.3, 0.4) is 0 Å². The van der Waals surface area contributed by atoms with Gasteiger partial charge in [-0.3, -0.25) is 0 Å². The number of rotatable bonds is 8. The average molecular weight is 346 g/mol. The van der Waals surface area contributed by atoms with Crippen LogP contribution >= 0.6 is 0 Å². The van der Waals surface area contributed by atoms with Crippen molar-refractivity contribution in [2.24, 2.45) is 0 Å². The number of ether oxygens (including phenoxy) is 1. The Morgan fingerprint density at radius 2 is 1.36 bits per heavy atom. The first-order valence-electron chi connectivity index (χ1n) is 9.43. The molecule has 0 radical (unpaired) electrons.